The van der Waals surface area contributed by atoms with Crippen LogP contribution in [0.4, 0.5) is 13.2 Å². The highest BCUT2D eigenvalue weighted by molar-refractivity contribution is 5.28. The number of hydrogen-bond donors (Lipinski definition) is 1. The lowest BCUT2D eigenvalue weighted by Crippen LogP contribution is -2.23. The Balaban J connectivity index is 1.88. The lowest BCUT2D eigenvalue weighted by Gasteiger charge is -2.20. The van der Waals surface area contributed by atoms with Crippen molar-refractivity contribution in [2.45, 2.75) is 38.0 Å². The van der Waals surface area contributed by atoms with Crippen molar-refractivity contribution >= 4 is 0 Å². The molecule has 0 fully saturated rings. The standard InChI is InChI=1S/C14H15F3N4/c15-14(16,17)10-4-1-3-9(7-10)8-12-19-20-13-11(18)5-2-6-21(12)13/h1,3-4,7,11H,2,5-6,8,18H2. The van der Waals surface area contributed by atoms with Gasteiger partial charge in [0.05, 0.1) is 11.6 Å². The van der Waals surface area contributed by atoms with Crippen molar-refractivity contribution in [3.8, 4) is 0 Å². The molecule has 0 amide bonds. The third kappa shape index (κ3) is 2.78. The predicted octanol–water partition coefficient (Wildman–Crippen LogP) is 2.68. The second-order valence-electron chi connectivity index (χ2n) is 5.25. The lowest BCUT2D eigenvalue weighted by molar-refractivity contribution is -0.137. The number of alkyl halides is 3. The first-order valence-corrected chi connectivity index (χ1v) is 6.79. The first-order valence-electron chi connectivity index (χ1n) is 6.79. The van der Waals surface area contributed by atoms with Gasteiger partial charge in [0.2, 0.25) is 0 Å². The summed E-state index contributed by atoms with van der Waals surface area (Å²) in [6, 6.07) is 5.17. The summed E-state index contributed by atoms with van der Waals surface area (Å²) in [7, 11) is 0. The molecular weight excluding hydrogens is 281 g/mol. The van der Waals surface area contributed by atoms with Crippen LogP contribution in [-0.2, 0) is 19.1 Å². The van der Waals surface area contributed by atoms with E-state index in [1.54, 1.807) is 6.07 Å². The van der Waals surface area contributed by atoms with Crippen LogP contribution in [0.5, 0.6) is 0 Å². The summed E-state index contributed by atoms with van der Waals surface area (Å²) in [6.45, 7) is 0.768. The number of hydrogen-bond acceptors (Lipinski definition) is 3. The van der Waals surface area contributed by atoms with Crippen LogP contribution < -0.4 is 5.73 Å². The molecule has 2 heterocycles. The molecule has 3 rings (SSSR count). The Hall–Kier alpha value is -1.89. The Bertz CT molecular complexity index is 648. The zero-order valence-corrected chi connectivity index (χ0v) is 11.3. The number of aromatic nitrogens is 3. The molecule has 0 radical (unpaired) electrons. The average Bonchev–Trinajstić information content (AvgIpc) is 2.83. The number of rotatable bonds is 2. The molecule has 0 saturated heterocycles. The number of nitrogens with two attached hydrogens (primary N) is 1. The fourth-order valence-electron chi connectivity index (χ4n) is 2.64. The average molecular weight is 296 g/mol. The van der Waals surface area contributed by atoms with Gasteiger partial charge in [-0.05, 0) is 24.5 Å². The minimum absolute atomic E-state index is 0.137. The van der Waals surface area contributed by atoms with Crippen LogP contribution in [0.3, 0.4) is 0 Å². The van der Waals surface area contributed by atoms with E-state index in [0.717, 1.165) is 37.3 Å². The van der Waals surface area contributed by atoms with Gasteiger partial charge in [-0.15, -0.1) is 10.2 Å². The molecule has 112 valence electrons. The van der Waals surface area contributed by atoms with Gasteiger partial charge in [-0.1, -0.05) is 18.2 Å². The summed E-state index contributed by atoms with van der Waals surface area (Å²) in [6.07, 6.45) is -2.21. The van der Waals surface area contributed by atoms with Crippen molar-refractivity contribution in [1.82, 2.24) is 14.8 Å². The maximum Gasteiger partial charge on any atom is 0.416 e. The lowest BCUT2D eigenvalue weighted by atomic mass is 10.1. The minimum atomic E-state index is -4.33. The monoisotopic (exact) mass is 296 g/mol. The summed E-state index contributed by atoms with van der Waals surface area (Å²) >= 11 is 0. The van der Waals surface area contributed by atoms with Gasteiger partial charge in [0.1, 0.15) is 11.6 Å². The quantitative estimate of drug-likeness (QED) is 0.927. The van der Waals surface area contributed by atoms with Crippen molar-refractivity contribution in [2.24, 2.45) is 5.73 Å². The Morgan fingerprint density at radius 3 is 2.86 bits per heavy atom. The molecule has 21 heavy (non-hydrogen) atoms. The number of benzene rings is 1. The van der Waals surface area contributed by atoms with Crippen LogP contribution in [0.2, 0.25) is 0 Å². The summed E-state index contributed by atoms with van der Waals surface area (Å²) in [5.41, 5.74) is 5.89. The Morgan fingerprint density at radius 1 is 1.29 bits per heavy atom. The maximum atomic E-state index is 12.7. The SMILES string of the molecule is NC1CCCn2c(Cc3cccc(C(F)(F)F)c3)nnc21. The van der Waals surface area contributed by atoms with E-state index >= 15 is 0 Å². The summed E-state index contributed by atoms with van der Waals surface area (Å²) in [4.78, 5) is 0. The number of halogens is 3. The van der Waals surface area contributed by atoms with Crippen molar-refractivity contribution < 1.29 is 13.2 Å². The zero-order valence-electron chi connectivity index (χ0n) is 11.3. The van der Waals surface area contributed by atoms with E-state index in [-0.39, 0.29) is 6.04 Å². The van der Waals surface area contributed by atoms with Gasteiger partial charge >= 0.3 is 6.18 Å². The highest BCUT2D eigenvalue weighted by atomic mass is 19.4. The summed E-state index contributed by atoms with van der Waals surface area (Å²) in [5.74, 6) is 1.39. The van der Waals surface area contributed by atoms with E-state index in [4.69, 9.17) is 5.73 Å². The first kappa shape index (κ1) is 14.1. The molecule has 1 aromatic heterocycles. The highest BCUT2D eigenvalue weighted by Crippen LogP contribution is 2.30. The molecule has 2 N–H and O–H groups in total. The zero-order chi connectivity index (χ0) is 15.0. The fraction of sp³-hybridized carbons (Fsp3) is 0.429. The van der Waals surface area contributed by atoms with Crippen LogP contribution >= 0.6 is 0 Å². The van der Waals surface area contributed by atoms with Crippen LogP contribution in [0.25, 0.3) is 0 Å². The Morgan fingerprint density at radius 2 is 2.10 bits per heavy atom. The van der Waals surface area contributed by atoms with E-state index in [0.29, 0.717) is 17.8 Å². The predicted molar refractivity (Wildman–Crippen MR) is 70.4 cm³/mol. The van der Waals surface area contributed by atoms with Crippen molar-refractivity contribution in [1.29, 1.82) is 0 Å². The first-order chi connectivity index (χ1) is 9.95. The van der Waals surface area contributed by atoms with Gasteiger partial charge in [-0.25, -0.2) is 0 Å². The smallest absolute Gasteiger partial charge is 0.321 e. The van der Waals surface area contributed by atoms with Gasteiger partial charge < -0.3 is 10.3 Å². The molecule has 0 bridgehead atoms. The Labute approximate surface area is 119 Å². The van der Waals surface area contributed by atoms with Gasteiger partial charge in [0.25, 0.3) is 0 Å². The van der Waals surface area contributed by atoms with Gasteiger partial charge in [-0.3, -0.25) is 0 Å². The number of fused-ring (bicyclic) bond motifs is 1. The fourth-order valence-corrected chi connectivity index (χ4v) is 2.64. The summed E-state index contributed by atoms with van der Waals surface area (Å²) < 4.78 is 40.1. The molecule has 1 aliphatic heterocycles. The molecule has 2 aromatic rings. The number of nitrogens with zero attached hydrogens (tertiary/aromatic N) is 3. The van der Waals surface area contributed by atoms with Crippen molar-refractivity contribution in [2.75, 3.05) is 0 Å². The molecule has 1 atom stereocenters. The van der Waals surface area contributed by atoms with E-state index in [1.807, 2.05) is 4.57 Å². The van der Waals surface area contributed by atoms with Crippen LogP contribution in [-0.4, -0.2) is 14.8 Å². The van der Waals surface area contributed by atoms with E-state index < -0.39 is 11.7 Å². The minimum Gasteiger partial charge on any atom is -0.321 e. The van der Waals surface area contributed by atoms with Crippen LogP contribution in [0.1, 0.15) is 41.7 Å². The molecule has 0 saturated carbocycles. The van der Waals surface area contributed by atoms with Gasteiger partial charge in [0, 0.05) is 13.0 Å². The molecule has 0 spiro atoms. The third-order valence-electron chi connectivity index (χ3n) is 3.70. The van der Waals surface area contributed by atoms with Crippen LogP contribution in [0, 0.1) is 0 Å². The van der Waals surface area contributed by atoms with Gasteiger partial charge in [-0.2, -0.15) is 13.2 Å². The molecular formula is C14H15F3N4. The summed E-state index contributed by atoms with van der Waals surface area (Å²) in [5, 5.41) is 8.16. The second-order valence-corrected chi connectivity index (χ2v) is 5.25. The molecule has 1 aliphatic rings. The molecule has 7 heteroatoms. The van der Waals surface area contributed by atoms with E-state index in [9.17, 15) is 13.2 Å². The topological polar surface area (TPSA) is 56.7 Å². The largest absolute Gasteiger partial charge is 0.416 e. The third-order valence-corrected chi connectivity index (χ3v) is 3.70. The van der Waals surface area contributed by atoms with Gasteiger partial charge in [0.15, 0.2) is 0 Å². The molecule has 0 aliphatic carbocycles. The normalized spacial score (nSPS) is 18.6. The molecule has 4 nitrogen and oxygen atoms in total. The van der Waals surface area contributed by atoms with E-state index in [1.165, 1.54) is 6.07 Å². The highest BCUT2D eigenvalue weighted by Gasteiger charge is 2.30. The Kier molecular flexibility index (Phi) is 3.44. The van der Waals surface area contributed by atoms with Crippen molar-refractivity contribution in [3.05, 3.63) is 47.0 Å². The maximum absolute atomic E-state index is 12.7. The van der Waals surface area contributed by atoms with E-state index in [2.05, 4.69) is 10.2 Å². The van der Waals surface area contributed by atoms with Crippen LogP contribution in [0.15, 0.2) is 24.3 Å². The molecule has 1 aromatic carbocycles. The molecule has 1 unspecified atom stereocenters. The second kappa shape index (κ2) is 5.14. The van der Waals surface area contributed by atoms with Crippen molar-refractivity contribution in [3.63, 3.8) is 0 Å².